The second kappa shape index (κ2) is 11.5. The standard InChI is InChI=1S/C23H25Cl2FN4O3S/c1-14(20-16(24)4-5-17(26)21(20)25)33-15-3-6-18-19(13-15)34-23(28-18)29-22(31)27-7-2-8-30-9-11-32-12-10-30/h3-6,13-14H,2,7-12H2,1H3,(H2,27,28,29,31). The van der Waals surface area contributed by atoms with Crippen LogP contribution in [0.1, 0.15) is 25.0 Å². The minimum atomic E-state index is -0.568. The zero-order valence-electron chi connectivity index (χ0n) is 18.6. The summed E-state index contributed by atoms with van der Waals surface area (Å²) in [6.07, 6.45) is 0.299. The highest BCUT2D eigenvalue weighted by Crippen LogP contribution is 2.36. The minimum Gasteiger partial charge on any atom is -0.486 e. The number of amides is 2. The Morgan fingerprint density at radius 2 is 2.09 bits per heavy atom. The van der Waals surface area contributed by atoms with Crippen molar-refractivity contribution in [2.24, 2.45) is 0 Å². The molecule has 1 unspecified atom stereocenters. The average Bonchev–Trinajstić information content (AvgIpc) is 3.21. The van der Waals surface area contributed by atoms with Gasteiger partial charge in [0.05, 0.1) is 28.5 Å². The van der Waals surface area contributed by atoms with E-state index in [0.717, 1.165) is 49.5 Å². The SMILES string of the molecule is CC(Oc1ccc2nc(NC(=O)NCCCN3CCOCC3)sc2c1)c1c(Cl)ccc(F)c1Cl. The first-order chi connectivity index (χ1) is 16.4. The predicted octanol–water partition coefficient (Wildman–Crippen LogP) is 5.73. The first kappa shape index (κ1) is 24.9. The predicted molar refractivity (Wildman–Crippen MR) is 134 cm³/mol. The molecule has 0 radical (unpaired) electrons. The Labute approximate surface area is 211 Å². The van der Waals surface area contributed by atoms with E-state index in [1.54, 1.807) is 19.1 Å². The largest absolute Gasteiger partial charge is 0.486 e. The molecule has 0 bridgehead atoms. The third kappa shape index (κ3) is 6.28. The highest BCUT2D eigenvalue weighted by Gasteiger charge is 2.19. The fraction of sp³-hybridized carbons (Fsp3) is 0.391. The maximum absolute atomic E-state index is 13.9. The van der Waals surface area contributed by atoms with E-state index in [-0.39, 0.29) is 11.1 Å². The quantitative estimate of drug-likeness (QED) is 0.289. The molecular weight excluding hydrogens is 502 g/mol. The maximum Gasteiger partial charge on any atom is 0.321 e. The molecule has 1 atom stereocenters. The first-order valence-electron chi connectivity index (χ1n) is 11.0. The van der Waals surface area contributed by atoms with Crippen molar-refractivity contribution in [2.45, 2.75) is 19.4 Å². The molecule has 7 nitrogen and oxygen atoms in total. The molecule has 2 heterocycles. The number of nitrogens with zero attached hydrogens (tertiary/aromatic N) is 2. The van der Waals surface area contributed by atoms with Gasteiger partial charge in [-0.05, 0) is 50.2 Å². The number of benzene rings is 2. The number of nitrogens with one attached hydrogen (secondary N) is 2. The number of hydrogen-bond donors (Lipinski definition) is 2. The van der Waals surface area contributed by atoms with Crippen molar-refractivity contribution in [3.8, 4) is 5.75 Å². The molecule has 34 heavy (non-hydrogen) atoms. The number of carbonyl (C=O) groups is 1. The summed E-state index contributed by atoms with van der Waals surface area (Å²) in [5.74, 6) is 0.00340. The highest BCUT2D eigenvalue weighted by molar-refractivity contribution is 7.22. The van der Waals surface area contributed by atoms with Gasteiger partial charge in [0.1, 0.15) is 17.7 Å². The maximum atomic E-state index is 13.9. The minimum absolute atomic E-state index is 0.0543. The van der Waals surface area contributed by atoms with Crippen LogP contribution in [-0.2, 0) is 4.74 Å². The van der Waals surface area contributed by atoms with Crippen molar-refractivity contribution in [2.75, 3.05) is 44.7 Å². The number of urea groups is 1. The van der Waals surface area contributed by atoms with Crippen molar-refractivity contribution in [3.05, 3.63) is 51.8 Å². The second-order valence-electron chi connectivity index (χ2n) is 7.85. The molecule has 1 aromatic heterocycles. The molecule has 0 saturated carbocycles. The lowest BCUT2D eigenvalue weighted by Gasteiger charge is -2.26. The van der Waals surface area contributed by atoms with Crippen LogP contribution < -0.4 is 15.4 Å². The van der Waals surface area contributed by atoms with Crippen LogP contribution in [0.5, 0.6) is 5.75 Å². The van der Waals surface area contributed by atoms with E-state index in [9.17, 15) is 9.18 Å². The topological polar surface area (TPSA) is 75.7 Å². The Kier molecular flexibility index (Phi) is 8.44. The Bertz CT molecular complexity index is 1160. The van der Waals surface area contributed by atoms with Gasteiger partial charge in [0.15, 0.2) is 5.13 Å². The van der Waals surface area contributed by atoms with Gasteiger partial charge in [0, 0.05) is 30.2 Å². The number of fused-ring (bicyclic) bond motifs is 1. The van der Waals surface area contributed by atoms with Gasteiger partial charge in [0.2, 0.25) is 0 Å². The smallest absolute Gasteiger partial charge is 0.321 e. The summed E-state index contributed by atoms with van der Waals surface area (Å²) in [7, 11) is 0. The van der Waals surface area contributed by atoms with Gasteiger partial charge in [-0.2, -0.15) is 0 Å². The Morgan fingerprint density at radius 1 is 1.29 bits per heavy atom. The van der Waals surface area contributed by atoms with Crippen LogP contribution in [0.3, 0.4) is 0 Å². The van der Waals surface area contributed by atoms with Gasteiger partial charge >= 0.3 is 6.03 Å². The molecule has 1 aliphatic heterocycles. The van der Waals surface area contributed by atoms with Crippen LogP contribution in [0.2, 0.25) is 10.0 Å². The van der Waals surface area contributed by atoms with Gasteiger partial charge in [-0.15, -0.1) is 0 Å². The number of halogens is 3. The molecule has 1 fully saturated rings. The lowest BCUT2D eigenvalue weighted by Crippen LogP contribution is -2.38. The monoisotopic (exact) mass is 526 g/mol. The third-order valence-electron chi connectivity index (χ3n) is 5.42. The van der Waals surface area contributed by atoms with Crippen LogP contribution in [0.25, 0.3) is 10.2 Å². The number of anilines is 1. The van der Waals surface area contributed by atoms with Gasteiger partial charge < -0.3 is 14.8 Å². The molecule has 2 aromatic carbocycles. The summed E-state index contributed by atoms with van der Waals surface area (Å²) >= 11 is 13.6. The summed E-state index contributed by atoms with van der Waals surface area (Å²) in [5.41, 5.74) is 1.12. The fourth-order valence-electron chi connectivity index (χ4n) is 3.68. The number of aromatic nitrogens is 1. The van der Waals surface area contributed by atoms with Gasteiger partial charge in [-0.1, -0.05) is 34.5 Å². The van der Waals surface area contributed by atoms with Gasteiger partial charge in [-0.3, -0.25) is 10.2 Å². The number of ether oxygens (including phenoxy) is 2. The summed E-state index contributed by atoms with van der Waals surface area (Å²) in [5, 5.41) is 6.41. The van der Waals surface area contributed by atoms with Crippen LogP contribution in [0, 0.1) is 5.82 Å². The Balaban J connectivity index is 1.32. The van der Waals surface area contributed by atoms with Crippen molar-refractivity contribution in [1.29, 1.82) is 0 Å². The molecule has 182 valence electrons. The third-order valence-corrected chi connectivity index (χ3v) is 7.07. The lowest BCUT2D eigenvalue weighted by atomic mass is 10.1. The number of thiazole rings is 1. The zero-order valence-corrected chi connectivity index (χ0v) is 20.9. The van der Waals surface area contributed by atoms with Crippen molar-refractivity contribution < 1.29 is 18.7 Å². The van der Waals surface area contributed by atoms with Crippen molar-refractivity contribution in [1.82, 2.24) is 15.2 Å². The fourth-order valence-corrected chi connectivity index (χ4v) is 5.25. The average molecular weight is 527 g/mol. The first-order valence-corrected chi connectivity index (χ1v) is 12.5. The molecule has 4 rings (SSSR count). The van der Waals surface area contributed by atoms with E-state index >= 15 is 0 Å². The van der Waals surface area contributed by atoms with Crippen molar-refractivity contribution in [3.63, 3.8) is 0 Å². The van der Waals surface area contributed by atoms with Crippen molar-refractivity contribution >= 4 is 55.9 Å². The summed E-state index contributed by atoms with van der Waals surface area (Å²) < 4.78 is 26.0. The van der Waals surface area contributed by atoms with E-state index in [0.29, 0.717) is 28.0 Å². The van der Waals surface area contributed by atoms with E-state index in [4.69, 9.17) is 32.7 Å². The van der Waals surface area contributed by atoms with E-state index < -0.39 is 11.9 Å². The van der Waals surface area contributed by atoms with E-state index in [1.165, 1.54) is 23.5 Å². The molecule has 1 saturated heterocycles. The molecule has 2 amide bonds. The van der Waals surface area contributed by atoms with Crippen LogP contribution >= 0.6 is 34.5 Å². The number of morpholine rings is 1. The second-order valence-corrected chi connectivity index (χ2v) is 9.67. The molecule has 3 aromatic rings. The molecule has 0 aliphatic carbocycles. The molecule has 0 spiro atoms. The summed E-state index contributed by atoms with van der Waals surface area (Å²) in [6.45, 7) is 6.66. The Morgan fingerprint density at radius 3 is 2.88 bits per heavy atom. The van der Waals surface area contributed by atoms with Crippen LogP contribution in [0.15, 0.2) is 30.3 Å². The van der Waals surface area contributed by atoms with Gasteiger partial charge in [0.25, 0.3) is 0 Å². The molecule has 11 heteroatoms. The number of rotatable bonds is 8. The Hall–Kier alpha value is -2.17. The molecule has 2 N–H and O–H groups in total. The van der Waals surface area contributed by atoms with E-state index in [2.05, 4.69) is 20.5 Å². The van der Waals surface area contributed by atoms with Gasteiger partial charge in [-0.25, -0.2) is 14.2 Å². The molecule has 1 aliphatic rings. The zero-order chi connectivity index (χ0) is 24.1. The summed E-state index contributed by atoms with van der Waals surface area (Å²) in [6, 6.07) is 7.76. The number of hydrogen-bond acceptors (Lipinski definition) is 6. The highest BCUT2D eigenvalue weighted by atomic mass is 35.5. The van der Waals surface area contributed by atoms with Crippen LogP contribution in [0.4, 0.5) is 14.3 Å². The van der Waals surface area contributed by atoms with E-state index in [1.807, 2.05) is 6.07 Å². The normalized spacial score (nSPS) is 15.3. The number of carbonyl (C=O) groups excluding carboxylic acids is 1. The van der Waals surface area contributed by atoms with Crippen LogP contribution in [-0.4, -0.2) is 55.3 Å². The molecular formula is C23H25Cl2FN4O3S. The lowest BCUT2D eigenvalue weighted by molar-refractivity contribution is 0.0375. The summed E-state index contributed by atoms with van der Waals surface area (Å²) in [4.78, 5) is 19.0.